The molecule has 0 bridgehead atoms. The summed E-state index contributed by atoms with van der Waals surface area (Å²) in [6.45, 7) is 1.85. The van der Waals surface area contributed by atoms with Crippen LogP contribution in [0.4, 0.5) is 0 Å². The number of carboxylic acids is 1. The van der Waals surface area contributed by atoms with E-state index >= 15 is 0 Å². The summed E-state index contributed by atoms with van der Waals surface area (Å²) >= 11 is 6.53. The van der Waals surface area contributed by atoms with Gasteiger partial charge in [0.15, 0.2) is 0 Å². The van der Waals surface area contributed by atoms with E-state index in [1.165, 1.54) is 0 Å². The zero-order chi connectivity index (χ0) is 9.30. The van der Waals surface area contributed by atoms with E-state index in [0.29, 0.717) is 4.47 Å². The van der Waals surface area contributed by atoms with E-state index in [2.05, 4.69) is 31.9 Å². The molecule has 0 aliphatic rings. The summed E-state index contributed by atoms with van der Waals surface area (Å²) in [6.07, 6.45) is 0. The second-order valence-corrected chi connectivity index (χ2v) is 3.99. The van der Waals surface area contributed by atoms with Crippen molar-refractivity contribution in [3.63, 3.8) is 0 Å². The van der Waals surface area contributed by atoms with Crippen LogP contribution in [0.5, 0.6) is 0 Å². The van der Waals surface area contributed by atoms with Crippen molar-refractivity contribution in [1.82, 2.24) is 0 Å². The molecular formula is C8H6Br2O2. The standard InChI is InChI=1S/C8H6Br2O2/c1-4-6(9)3-2-5(7(4)10)8(11)12/h2-3H,1H3,(H,11,12). The molecular weight excluding hydrogens is 288 g/mol. The van der Waals surface area contributed by atoms with Gasteiger partial charge in [-0.25, -0.2) is 4.79 Å². The lowest BCUT2D eigenvalue weighted by atomic mass is 10.1. The average molecular weight is 294 g/mol. The molecule has 2 nitrogen and oxygen atoms in total. The lowest BCUT2D eigenvalue weighted by Crippen LogP contribution is -1.98. The summed E-state index contributed by atoms with van der Waals surface area (Å²) in [4.78, 5) is 10.6. The molecule has 0 atom stereocenters. The van der Waals surface area contributed by atoms with Crippen LogP contribution in [0.25, 0.3) is 0 Å². The van der Waals surface area contributed by atoms with Crippen molar-refractivity contribution in [3.8, 4) is 0 Å². The van der Waals surface area contributed by atoms with Crippen LogP contribution in [0.1, 0.15) is 15.9 Å². The monoisotopic (exact) mass is 292 g/mol. The van der Waals surface area contributed by atoms with Crippen molar-refractivity contribution >= 4 is 37.8 Å². The maximum atomic E-state index is 10.6. The number of hydrogen-bond donors (Lipinski definition) is 1. The van der Waals surface area contributed by atoms with Gasteiger partial charge in [0.1, 0.15) is 0 Å². The lowest BCUT2D eigenvalue weighted by Gasteiger charge is -2.04. The molecule has 0 aromatic heterocycles. The van der Waals surface area contributed by atoms with Crippen LogP contribution in [0.3, 0.4) is 0 Å². The Balaban J connectivity index is 3.36. The molecule has 0 fully saturated rings. The van der Waals surface area contributed by atoms with Crippen LogP contribution in [0.15, 0.2) is 21.1 Å². The van der Waals surface area contributed by atoms with Crippen LogP contribution >= 0.6 is 31.9 Å². The molecule has 0 saturated heterocycles. The minimum Gasteiger partial charge on any atom is -0.478 e. The number of aromatic carboxylic acids is 1. The Morgan fingerprint density at radius 3 is 2.50 bits per heavy atom. The maximum absolute atomic E-state index is 10.6. The first-order chi connectivity index (χ1) is 5.54. The van der Waals surface area contributed by atoms with Crippen LogP contribution in [0, 0.1) is 6.92 Å². The number of halogens is 2. The second-order valence-electron chi connectivity index (χ2n) is 2.34. The third-order valence-electron chi connectivity index (χ3n) is 1.55. The topological polar surface area (TPSA) is 37.3 Å². The van der Waals surface area contributed by atoms with Gasteiger partial charge in [0, 0.05) is 8.95 Å². The molecule has 0 spiro atoms. The highest BCUT2D eigenvalue weighted by Gasteiger charge is 2.11. The molecule has 0 radical (unpaired) electrons. The summed E-state index contributed by atoms with van der Waals surface area (Å²) in [5.41, 5.74) is 1.19. The maximum Gasteiger partial charge on any atom is 0.336 e. The summed E-state index contributed by atoms with van der Waals surface area (Å²) in [5, 5.41) is 8.74. The Labute approximate surface area is 86.9 Å². The fourth-order valence-corrected chi connectivity index (χ4v) is 1.94. The molecule has 1 N–H and O–H groups in total. The van der Waals surface area contributed by atoms with Crippen LogP contribution in [-0.4, -0.2) is 11.1 Å². The molecule has 0 saturated carbocycles. The molecule has 64 valence electrons. The Bertz CT molecular complexity index is 334. The van der Waals surface area contributed by atoms with Crippen LogP contribution < -0.4 is 0 Å². The van der Waals surface area contributed by atoms with Gasteiger partial charge in [-0.05, 0) is 40.5 Å². The van der Waals surface area contributed by atoms with Gasteiger partial charge < -0.3 is 5.11 Å². The van der Waals surface area contributed by atoms with Gasteiger partial charge >= 0.3 is 5.97 Å². The largest absolute Gasteiger partial charge is 0.478 e. The zero-order valence-corrected chi connectivity index (χ0v) is 9.44. The van der Waals surface area contributed by atoms with E-state index in [1.54, 1.807) is 12.1 Å². The quantitative estimate of drug-likeness (QED) is 0.863. The van der Waals surface area contributed by atoms with Gasteiger partial charge in [-0.15, -0.1) is 0 Å². The van der Waals surface area contributed by atoms with Crippen molar-refractivity contribution in [3.05, 3.63) is 32.2 Å². The minimum atomic E-state index is -0.919. The van der Waals surface area contributed by atoms with Gasteiger partial charge in [0.25, 0.3) is 0 Å². The molecule has 0 unspecified atom stereocenters. The van der Waals surface area contributed by atoms with Gasteiger partial charge in [0.2, 0.25) is 0 Å². The molecule has 1 aromatic rings. The van der Waals surface area contributed by atoms with Crippen molar-refractivity contribution in [1.29, 1.82) is 0 Å². The Hall–Kier alpha value is -0.350. The Morgan fingerprint density at radius 1 is 1.42 bits per heavy atom. The molecule has 0 heterocycles. The number of rotatable bonds is 1. The zero-order valence-electron chi connectivity index (χ0n) is 6.27. The Kier molecular flexibility index (Phi) is 2.90. The third kappa shape index (κ3) is 1.69. The summed E-state index contributed by atoms with van der Waals surface area (Å²) in [6, 6.07) is 3.28. The van der Waals surface area contributed by atoms with E-state index in [-0.39, 0.29) is 5.56 Å². The van der Waals surface area contributed by atoms with E-state index in [4.69, 9.17) is 5.11 Å². The molecule has 0 aliphatic carbocycles. The summed E-state index contributed by atoms with van der Waals surface area (Å²) in [7, 11) is 0. The van der Waals surface area contributed by atoms with Crippen molar-refractivity contribution < 1.29 is 9.90 Å². The van der Waals surface area contributed by atoms with Gasteiger partial charge in [-0.2, -0.15) is 0 Å². The first-order valence-electron chi connectivity index (χ1n) is 3.22. The SMILES string of the molecule is Cc1c(Br)ccc(C(=O)O)c1Br. The van der Waals surface area contributed by atoms with Crippen molar-refractivity contribution in [2.75, 3.05) is 0 Å². The van der Waals surface area contributed by atoms with E-state index in [9.17, 15) is 4.79 Å². The third-order valence-corrected chi connectivity index (χ3v) is 3.43. The van der Waals surface area contributed by atoms with Crippen LogP contribution in [-0.2, 0) is 0 Å². The number of hydrogen-bond acceptors (Lipinski definition) is 1. The van der Waals surface area contributed by atoms with E-state index < -0.39 is 5.97 Å². The average Bonchev–Trinajstić information content (AvgIpc) is 2.00. The second kappa shape index (κ2) is 3.58. The highest BCUT2D eigenvalue weighted by atomic mass is 79.9. The molecule has 4 heteroatoms. The minimum absolute atomic E-state index is 0.288. The number of benzene rings is 1. The molecule has 12 heavy (non-hydrogen) atoms. The first-order valence-corrected chi connectivity index (χ1v) is 4.80. The summed E-state index contributed by atoms with van der Waals surface area (Å²) < 4.78 is 1.53. The van der Waals surface area contributed by atoms with Crippen molar-refractivity contribution in [2.45, 2.75) is 6.92 Å². The van der Waals surface area contributed by atoms with Crippen molar-refractivity contribution in [2.24, 2.45) is 0 Å². The van der Waals surface area contributed by atoms with Gasteiger partial charge in [0.05, 0.1) is 5.56 Å². The highest BCUT2D eigenvalue weighted by molar-refractivity contribution is 9.11. The highest BCUT2D eigenvalue weighted by Crippen LogP contribution is 2.27. The van der Waals surface area contributed by atoms with E-state index in [0.717, 1.165) is 10.0 Å². The van der Waals surface area contributed by atoms with Crippen LogP contribution in [0.2, 0.25) is 0 Å². The van der Waals surface area contributed by atoms with Gasteiger partial charge in [-0.3, -0.25) is 0 Å². The molecule has 1 aromatic carbocycles. The lowest BCUT2D eigenvalue weighted by molar-refractivity contribution is 0.0696. The predicted molar refractivity (Wildman–Crippen MR) is 53.5 cm³/mol. The summed E-state index contributed by atoms with van der Waals surface area (Å²) in [5.74, 6) is -0.919. The fourth-order valence-electron chi connectivity index (χ4n) is 0.827. The normalized spacial score (nSPS) is 9.92. The molecule has 1 rings (SSSR count). The fraction of sp³-hybridized carbons (Fsp3) is 0.125. The smallest absolute Gasteiger partial charge is 0.336 e. The predicted octanol–water partition coefficient (Wildman–Crippen LogP) is 3.22. The number of carboxylic acid groups (broad SMARTS) is 1. The first kappa shape index (κ1) is 9.74. The number of carbonyl (C=O) groups is 1. The molecule has 0 amide bonds. The van der Waals surface area contributed by atoms with Gasteiger partial charge in [-0.1, -0.05) is 15.9 Å². The van der Waals surface area contributed by atoms with E-state index in [1.807, 2.05) is 6.92 Å². The Morgan fingerprint density at radius 2 is 2.00 bits per heavy atom. The molecule has 0 aliphatic heterocycles.